The zero-order chi connectivity index (χ0) is 16.1. The molecule has 0 saturated heterocycles. The number of benzene rings is 1. The minimum Gasteiger partial charge on any atom is -0.394 e. The average Bonchev–Trinajstić information content (AvgIpc) is 3.14. The lowest BCUT2D eigenvalue weighted by atomic mass is 10.1. The van der Waals surface area contributed by atoms with E-state index in [4.69, 9.17) is 0 Å². The first-order chi connectivity index (χ1) is 11.3. The maximum absolute atomic E-state index is 12.6. The van der Waals surface area contributed by atoms with E-state index in [0.29, 0.717) is 11.4 Å². The molecule has 0 aliphatic carbocycles. The summed E-state index contributed by atoms with van der Waals surface area (Å²) in [6.45, 7) is -0.187. The fourth-order valence-corrected chi connectivity index (χ4v) is 2.31. The van der Waals surface area contributed by atoms with Gasteiger partial charge >= 0.3 is 0 Å². The SMILES string of the molecule is O=C(N[C@H](CO)c1ccccc1)c1cccnc1-n1cccn1. The van der Waals surface area contributed by atoms with Gasteiger partial charge in [-0.25, -0.2) is 9.67 Å². The predicted molar refractivity (Wildman–Crippen MR) is 85.1 cm³/mol. The zero-order valence-corrected chi connectivity index (χ0v) is 12.3. The highest BCUT2D eigenvalue weighted by Gasteiger charge is 2.18. The third-order valence-electron chi connectivity index (χ3n) is 3.44. The monoisotopic (exact) mass is 308 g/mol. The predicted octanol–water partition coefficient (Wildman–Crippen LogP) is 1.73. The summed E-state index contributed by atoms with van der Waals surface area (Å²) >= 11 is 0. The van der Waals surface area contributed by atoms with E-state index in [9.17, 15) is 9.90 Å². The number of aliphatic hydroxyl groups excluding tert-OH is 1. The molecule has 0 aliphatic heterocycles. The van der Waals surface area contributed by atoms with Crippen LogP contribution in [0.15, 0.2) is 67.1 Å². The van der Waals surface area contributed by atoms with Gasteiger partial charge in [-0.2, -0.15) is 5.10 Å². The third-order valence-corrected chi connectivity index (χ3v) is 3.44. The van der Waals surface area contributed by atoms with Crippen molar-refractivity contribution < 1.29 is 9.90 Å². The second kappa shape index (κ2) is 6.85. The number of aromatic nitrogens is 3. The lowest BCUT2D eigenvalue weighted by Gasteiger charge is -2.17. The Labute approximate surface area is 133 Å². The molecule has 0 bridgehead atoms. The van der Waals surface area contributed by atoms with Gasteiger partial charge in [-0.3, -0.25) is 4.79 Å². The molecule has 1 aromatic carbocycles. The van der Waals surface area contributed by atoms with Gasteiger partial charge in [-0.1, -0.05) is 30.3 Å². The molecular weight excluding hydrogens is 292 g/mol. The van der Waals surface area contributed by atoms with E-state index in [0.717, 1.165) is 5.56 Å². The van der Waals surface area contributed by atoms with Crippen LogP contribution in [0.2, 0.25) is 0 Å². The van der Waals surface area contributed by atoms with Crippen LogP contribution in [-0.2, 0) is 0 Å². The van der Waals surface area contributed by atoms with Crippen LogP contribution in [0.25, 0.3) is 5.82 Å². The lowest BCUT2D eigenvalue weighted by Crippen LogP contribution is -2.31. The maximum atomic E-state index is 12.6. The Kier molecular flexibility index (Phi) is 4.44. The molecule has 23 heavy (non-hydrogen) atoms. The summed E-state index contributed by atoms with van der Waals surface area (Å²) < 4.78 is 1.53. The van der Waals surface area contributed by atoms with E-state index in [1.165, 1.54) is 4.68 Å². The first-order valence-electron chi connectivity index (χ1n) is 7.21. The van der Waals surface area contributed by atoms with Crippen molar-refractivity contribution in [3.8, 4) is 5.82 Å². The fraction of sp³-hybridized carbons (Fsp3) is 0.118. The number of nitrogens with zero attached hydrogens (tertiary/aromatic N) is 3. The van der Waals surface area contributed by atoms with Crippen LogP contribution in [0.3, 0.4) is 0 Å². The zero-order valence-electron chi connectivity index (χ0n) is 12.3. The van der Waals surface area contributed by atoms with Gasteiger partial charge in [0.05, 0.1) is 18.2 Å². The van der Waals surface area contributed by atoms with Crippen molar-refractivity contribution in [3.05, 3.63) is 78.2 Å². The number of hydrogen-bond acceptors (Lipinski definition) is 4. The van der Waals surface area contributed by atoms with Crippen LogP contribution in [0.5, 0.6) is 0 Å². The van der Waals surface area contributed by atoms with Crippen molar-refractivity contribution in [2.75, 3.05) is 6.61 Å². The number of amides is 1. The maximum Gasteiger partial charge on any atom is 0.255 e. The second-order valence-electron chi connectivity index (χ2n) is 4.94. The van der Waals surface area contributed by atoms with Gasteiger partial charge in [0.1, 0.15) is 0 Å². The molecule has 0 fully saturated rings. The Morgan fingerprint density at radius 1 is 1.13 bits per heavy atom. The standard InChI is InChI=1S/C17H16N4O2/c22-12-15(13-6-2-1-3-7-13)20-17(23)14-8-4-9-18-16(14)21-11-5-10-19-21/h1-11,15,22H,12H2,(H,20,23)/t15-/m1/s1. The van der Waals surface area contributed by atoms with Gasteiger partial charge in [0.15, 0.2) is 5.82 Å². The summed E-state index contributed by atoms with van der Waals surface area (Å²) in [4.78, 5) is 16.8. The summed E-state index contributed by atoms with van der Waals surface area (Å²) in [5.74, 6) is 0.131. The van der Waals surface area contributed by atoms with E-state index >= 15 is 0 Å². The topological polar surface area (TPSA) is 80.0 Å². The van der Waals surface area contributed by atoms with E-state index in [-0.39, 0.29) is 12.5 Å². The van der Waals surface area contributed by atoms with Crippen molar-refractivity contribution in [2.24, 2.45) is 0 Å². The molecule has 2 aromatic heterocycles. The van der Waals surface area contributed by atoms with Crippen molar-refractivity contribution >= 4 is 5.91 Å². The summed E-state index contributed by atoms with van der Waals surface area (Å²) in [6, 6.07) is 14.0. The largest absolute Gasteiger partial charge is 0.394 e. The summed E-state index contributed by atoms with van der Waals surface area (Å²) in [7, 11) is 0. The van der Waals surface area contributed by atoms with E-state index < -0.39 is 6.04 Å². The van der Waals surface area contributed by atoms with Crippen LogP contribution in [0.1, 0.15) is 22.0 Å². The molecule has 0 spiro atoms. The highest BCUT2D eigenvalue weighted by Crippen LogP contribution is 2.15. The Morgan fingerprint density at radius 2 is 1.96 bits per heavy atom. The van der Waals surface area contributed by atoms with Crippen LogP contribution in [-0.4, -0.2) is 32.4 Å². The highest BCUT2D eigenvalue weighted by atomic mass is 16.3. The number of rotatable bonds is 5. The van der Waals surface area contributed by atoms with Gasteiger partial charge in [-0.15, -0.1) is 0 Å². The van der Waals surface area contributed by atoms with Crippen LogP contribution in [0.4, 0.5) is 0 Å². The number of carbonyl (C=O) groups excluding carboxylic acids is 1. The van der Waals surface area contributed by atoms with Gasteiger partial charge in [0.25, 0.3) is 5.91 Å². The molecule has 116 valence electrons. The van der Waals surface area contributed by atoms with Crippen LogP contribution in [0, 0.1) is 0 Å². The van der Waals surface area contributed by atoms with E-state index in [1.807, 2.05) is 30.3 Å². The second-order valence-corrected chi connectivity index (χ2v) is 4.94. The minimum absolute atomic E-state index is 0.187. The number of nitrogens with one attached hydrogen (secondary N) is 1. The Hall–Kier alpha value is -2.99. The number of hydrogen-bond donors (Lipinski definition) is 2. The summed E-state index contributed by atoms with van der Waals surface area (Å²) in [6.07, 6.45) is 4.95. The molecule has 1 atom stereocenters. The smallest absolute Gasteiger partial charge is 0.255 e. The van der Waals surface area contributed by atoms with Gasteiger partial charge in [0, 0.05) is 18.6 Å². The number of carbonyl (C=O) groups is 1. The van der Waals surface area contributed by atoms with Crippen molar-refractivity contribution in [2.45, 2.75) is 6.04 Å². The molecule has 0 saturated carbocycles. The van der Waals surface area contributed by atoms with E-state index in [1.54, 1.807) is 36.8 Å². The van der Waals surface area contributed by atoms with E-state index in [2.05, 4.69) is 15.4 Å². The molecule has 6 nitrogen and oxygen atoms in total. The molecule has 0 aliphatic rings. The Morgan fingerprint density at radius 3 is 2.65 bits per heavy atom. The van der Waals surface area contributed by atoms with Gasteiger partial charge < -0.3 is 10.4 Å². The van der Waals surface area contributed by atoms with Crippen molar-refractivity contribution in [1.29, 1.82) is 0 Å². The first kappa shape index (κ1) is 14.9. The van der Waals surface area contributed by atoms with Crippen LogP contribution < -0.4 is 5.32 Å². The highest BCUT2D eigenvalue weighted by molar-refractivity contribution is 5.97. The molecule has 6 heteroatoms. The Balaban J connectivity index is 1.87. The molecule has 1 amide bonds. The molecule has 0 unspecified atom stereocenters. The molecular formula is C17H16N4O2. The summed E-state index contributed by atoms with van der Waals surface area (Å²) in [5, 5.41) is 16.5. The van der Waals surface area contributed by atoms with Crippen molar-refractivity contribution in [3.63, 3.8) is 0 Å². The fourth-order valence-electron chi connectivity index (χ4n) is 2.31. The molecule has 2 heterocycles. The summed E-state index contributed by atoms with van der Waals surface area (Å²) in [5.41, 5.74) is 1.23. The molecule has 3 aromatic rings. The Bertz CT molecular complexity index is 772. The third kappa shape index (κ3) is 3.27. The quantitative estimate of drug-likeness (QED) is 0.752. The first-order valence-corrected chi connectivity index (χ1v) is 7.21. The van der Waals surface area contributed by atoms with Crippen LogP contribution >= 0.6 is 0 Å². The normalized spacial score (nSPS) is 11.9. The molecule has 0 radical (unpaired) electrons. The average molecular weight is 308 g/mol. The minimum atomic E-state index is -0.477. The molecule has 3 rings (SSSR count). The molecule has 2 N–H and O–H groups in total. The number of aliphatic hydroxyl groups is 1. The lowest BCUT2D eigenvalue weighted by molar-refractivity contribution is 0.0915. The number of pyridine rings is 1. The van der Waals surface area contributed by atoms with Gasteiger partial charge in [-0.05, 0) is 23.8 Å². The van der Waals surface area contributed by atoms with Gasteiger partial charge in [0.2, 0.25) is 0 Å². The van der Waals surface area contributed by atoms with Crippen molar-refractivity contribution in [1.82, 2.24) is 20.1 Å².